The number of hydrogen-bond donors (Lipinski definition) is 2. The van der Waals surface area contributed by atoms with Crippen LogP contribution in [0, 0.1) is 0 Å². The molecule has 0 aliphatic carbocycles. The molecule has 0 aromatic carbocycles. The summed E-state index contributed by atoms with van der Waals surface area (Å²) < 4.78 is 38.2. The minimum Gasteiger partial charge on any atom is -0.384 e. The minimum atomic E-state index is -4.50. The predicted octanol–water partition coefficient (Wildman–Crippen LogP) is 1.64. The molecule has 112 valence electrons. The van der Waals surface area contributed by atoms with E-state index < -0.39 is 11.7 Å². The van der Waals surface area contributed by atoms with Gasteiger partial charge >= 0.3 is 6.18 Å². The van der Waals surface area contributed by atoms with Crippen LogP contribution in [0.4, 0.5) is 24.8 Å². The van der Waals surface area contributed by atoms with E-state index >= 15 is 0 Å². The molecule has 3 N–H and O–H groups in total. The lowest BCUT2D eigenvalue weighted by Gasteiger charge is -2.23. The zero-order valence-electron chi connectivity index (χ0n) is 11.3. The normalized spacial score (nSPS) is 11.2. The molecule has 1 aromatic rings. The summed E-state index contributed by atoms with van der Waals surface area (Å²) in [5, 5.41) is 2.42. The Labute approximate surface area is 115 Å². The topological polar surface area (TPSA) is 71.2 Å². The van der Waals surface area contributed by atoms with E-state index in [1.54, 1.807) is 0 Å². The fourth-order valence-corrected chi connectivity index (χ4v) is 1.66. The van der Waals surface area contributed by atoms with Gasteiger partial charge in [-0.15, -0.1) is 0 Å². The van der Waals surface area contributed by atoms with Crippen molar-refractivity contribution in [3.05, 3.63) is 17.7 Å². The molecule has 1 amide bonds. The summed E-state index contributed by atoms with van der Waals surface area (Å²) in [5.74, 6) is -0.494. The van der Waals surface area contributed by atoms with Crippen molar-refractivity contribution in [3.8, 4) is 0 Å². The predicted molar refractivity (Wildman–Crippen MR) is 70.2 cm³/mol. The Morgan fingerprint density at radius 3 is 2.60 bits per heavy atom. The highest BCUT2D eigenvalue weighted by atomic mass is 19.4. The number of nitrogen functional groups attached to an aromatic ring is 1. The summed E-state index contributed by atoms with van der Waals surface area (Å²) in [7, 11) is 1.46. The number of nitrogens with two attached hydrogens (primary N) is 1. The summed E-state index contributed by atoms with van der Waals surface area (Å²) in [6.45, 7) is 2.19. The van der Waals surface area contributed by atoms with Gasteiger partial charge in [-0.1, -0.05) is 6.92 Å². The van der Waals surface area contributed by atoms with E-state index in [0.29, 0.717) is 13.0 Å². The van der Waals surface area contributed by atoms with Crippen LogP contribution in [0.2, 0.25) is 0 Å². The van der Waals surface area contributed by atoms with Gasteiger partial charge < -0.3 is 16.0 Å². The second-order valence-electron chi connectivity index (χ2n) is 4.23. The molecule has 0 radical (unpaired) electrons. The van der Waals surface area contributed by atoms with Crippen molar-refractivity contribution in [1.29, 1.82) is 0 Å². The molecule has 1 aromatic heterocycles. The molecule has 8 heteroatoms. The Morgan fingerprint density at radius 1 is 1.45 bits per heavy atom. The van der Waals surface area contributed by atoms with E-state index in [-0.39, 0.29) is 24.1 Å². The third-order valence-electron chi connectivity index (χ3n) is 2.59. The van der Waals surface area contributed by atoms with E-state index in [1.807, 2.05) is 6.92 Å². The number of amides is 1. The highest BCUT2D eigenvalue weighted by Gasteiger charge is 2.32. The van der Waals surface area contributed by atoms with Crippen molar-refractivity contribution in [1.82, 2.24) is 10.3 Å². The second kappa shape index (κ2) is 6.44. The number of halogens is 3. The minimum absolute atomic E-state index is 0.0442. The molecule has 0 saturated carbocycles. The quantitative estimate of drug-likeness (QED) is 0.865. The number of nitrogens with zero attached hydrogens (tertiary/aromatic N) is 2. The highest BCUT2D eigenvalue weighted by Crippen LogP contribution is 2.32. The van der Waals surface area contributed by atoms with Gasteiger partial charge in [0, 0.05) is 13.6 Å². The van der Waals surface area contributed by atoms with E-state index in [4.69, 9.17) is 5.73 Å². The first-order chi connectivity index (χ1) is 9.27. The first kappa shape index (κ1) is 16.1. The van der Waals surface area contributed by atoms with E-state index in [1.165, 1.54) is 11.9 Å². The second-order valence-corrected chi connectivity index (χ2v) is 4.23. The molecule has 0 aliphatic rings. The SMILES string of the molecule is CCCN(CC(=O)NC)c1cc(C(F)(F)F)cc(N)n1. The largest absolute Gasteiger partial charge is 0.416 e. The number of likely N-dealkylation sites (N-methyl/N-ethyl adjacent to an activating group) is 1. The fourth-order valence-electron chi connectivity index (χ4n) is 1.66. The molecule has 1 heterocycles. The van der Waals surface area contributed by atoms with Crippen molar-refractivity contribution in [2.45, 2.75) is 19.5 Å². The summed E-state index contributed by atoms with van der Waals surface area (Å²) in [5.41, 5.74) is 4.54. The fraction of sp³-hybridized carbons (Fsp3) is 0.500. The Morgan fingerprint density at radius 2 is 2.10 bits per heavy atom. The zero-order valence-corrected chi connectivity index (χ0v) is 11.3. The Balaban J connectivity index is 3.12. The number of carbonyl (C=O) groups is 1. The molecule has 0 atom stereocenters. The van der Waals surface area contributed by atoms with Crippen LogP contribution in [0.25, 0.3) is 0 Å². The van der Waals surface area contributed by atoms with Crippen molar-refractivity contribution in [3.63, 3.8) is 0 Å². The molecular weight excluding hydrogens is 273 g/mol. The average molecular weight is 290 g/mol. The van der Waals surface area contributed by atoms with Gasteiger partial charge in [-0.3, -0.25) is 4.79 Å². The van der Waals surface area contributed by atoms with Gasteiger partial charge in [0.15, 0.2) is 0 Å². The zero-order chi connectivity index (χ0) is 15.3. The standard InChI is InChI=1S/C12H17F3N4O/c1-3-4-19(7-11(20)17-2)10-6-8(12(13,14)15)5-9(16)18-10/h5-6H,3-4,7H2,1-2H3,(H2,16,18)(H,17,20). The van der Waals surface area contributed by atoms with E-state index in [9.17, 15) is 18.0 Å². The maximum atomic E-state index is 12.7. The maximum absolute atomic E-state index is 12.7. The summed E-state index contributed by atoms with van der Waals surface area (Å²) in [6, 6.07) is 1.67. The molecule has 0 unspecified atom stereocenters. The Bertz CT molecular complexity index is 476. The number of aromatic nitrogens is 1. The molecule has 0 spiro atoms. The smallest absolute Gasteiger partial charge is 0.384 e. The molecule has 0 aliphatic heterocycles. The molecule has 5 nitrogen and oxygen atoms in total. The van der Waals surface area contributed by atoms with Crippen molar-refractivity contribution in [2.75, 3.05) is 30.8 Å². The summed E-state index contributed by atoms with van der Waals surface area (Å²) in [4.78, 5) is 16.7. The Kier molecular flexibility index (Phi) is 5.18. The van der Waals surface area contributed by atoms with Gasteiger partial charge in [0.05, 0.1) is 12.1 Å². The van der Waals surface area contributed by atoms with Gasteiger partial charge in [0.1, 0.15) is 11.6 Å². The number of pyridine rings is 1. The molecular formula is C12H17F3N4O. The van der Waals surface area contributed by atoms with Crippen LogP contribution in [0.15, 0.2) is 12.1 Å². The van der Waals surface area contributed by atoms with Crippen molar-refractivity contribution in [2.24, 2.45) is 0 Å². The number of anilines is 2. The van der Waals surface area contributed by atoms with Crippen molar-refractivity contribution < 1.29 is 18.0 Å². The lowest BCUT2D eigenvalue weighted by Crippen LogP contribution is -2.36. The molecule has 1 rings (SSSR count). The van der Waals surface area contributed by atoms with E-state index in [0.717, 1.165) is 12.1 Å². The third kappa shape index (κ3) is 4.29. The van der Waals surface area contributed by atoms with Crippen LogP contribution in [-0.4, -0.2) is 31.0 Å². The van der Waals surface area contributed by atoms with Crippen LogP contribution in [0.5, 0.6) is 0 Å². The van der Waals surface area contributed by atoms with Gasteiger partial charge in [0.2, 0.25) is 5.91 Å². The van der Waals surface area contributed by atoms with Crippen LogP contribution in [0.3, 0.4) is 0 Å². The number of carbonyl (C=O) groups excluding carboxylic acids is 1. The van der Waals surface area contributed by atoms with Crippen LogP contribution in [0.1, 0.15) is 18.9 Å². The summed E-state index contributed by atoms with van der Waals surface area (Å²) >= 11 is 0. The Hall–Kier alpha value is -1.99. The first-order valence-corrected chi connectivity index (χ1v) is 6.08. The molecule has 0 bridgehead atoms. The third-order valence-corrected chi connectivity index (χ3v) is 2.59. The van der Waals surface area contributed by atoms with Crippen LogP contribution < -0.4 is 16.0 Å². The number of nitrogens with one attached hydrogen (secondary N) is 1. The van der Waals surface area contributed by atoms with Crippen molar-refractivity contribution >= 4 is 17.5 Å². The van der Waals surface area contributed by atoms with E-state index in [2.05, 4.69) is 10.3 Å². The van der Waals surface area contributed by atoms with Crippen LogP contribution in [-0.2, 0) is 11.0 Å². The monoisotopic (exact) mass is 290 g/mol. The van der Waals surface area contributed by atoms with Gasteiger partial charge in [-0.05, 0) is 18.6 Å². The molecule has 0 saturated heterocycles. The molecule has 0 fully saturated rings. The van der Waals surface area contributed by atoms with Gasteiger partial charge in [-0.25, -0.2) is 4.98 Å². The van der Waals surface area contributed by atoms with Crippen LogP contribution >= 0.6 is 0 Å². The number of alkyl halides is 3. The van der Waals surface area contributed by atoms with Gasteiger partial charge in [-0.2, -0.15) is 13.2 Å². The number of hydrogen-bond acceptors (Lipinski definition) is 4. The lowest BCUT2D eigenvalue weighted by atomic mass is 10.2. The molecule has 20 heavy (non-hydrogen) atoms. The van der Waals surface area contributed by atoms with Gasteiger partial charge in [0.25, 0.3) is 0 Å². The maximum Gasteiger partial charge on any atom is 0.416 e. The lowest BCUT2D eigenvalue weighted by molar-refractivity contribution is -0.137. The summed E-state index contributed by atoms with van der Waals surface area (Å²) in [6.07, 6.45) is -3.84. The first-order valence-electron chi connectivity index (χ1n) is 6.08. The number of rotatable bonds is 5. The average Bonchev–Trinajstić information content (AvgIpc) is 2.36. The highest BCUT2D eigenvalue weighted by molar-refractivity contribution is 5.80.